The minimum atomic E-state index is 0.431. The summed E-state index contributed by atoms with van der Waals surface area (Å²) in [5.74, 6) is 1.48. The molecule has 0 amide bonds. The minimum Gasteiger partial charge on any atom is -0.381 e. The van der Waals surface area contributed by atoms with Crippen LogP contribution in [-0.2, 0) is 4.74 Å². The highest BCUT2D eigenvalue weighted by Crippen LogP contribution is 2.35. The molecule has 0 aromatic heterocycles. The smallest absolute Gasteiger partial charge is 0.0510 e. The molecule has 2 aliphatic rings. The monoisotopic (exact) mass is 240 g/mol. The van der Waals surface area contributed by atoms with Crippen molar-refractivity contribution in [3.63, 3.8) is 0 Å². The van der Waals surface area contributed by atoms with Crippen LogP contribution in [-0.4, -0.2) is 43.8 Å². The van der Waals surface area contributed by atoms with E-state index in [4.69, 9.17) is 10.5 Å². The van der Waals surface area contributed by atoms with Gasteiger partial charge in [0.25, 0.3) is 0 Å². The van der Waals surface area contributed by atoms with Gasteiger partial charge in [-0.1, -0.05) is 20.8 Å². The van der Waals surface area contributed by atoms with Crippen LogP contribution in [0.3, 0.4) is 0 Å². The molecule has 0 bridgehead atoms. The van der Waals surface area contributed by atoms with Crippen molar-refractivity contribution in [2.45, 2.75) is 39.7 Å². The fourth-order valence-electron chi connectivity index (χ4n) is 3.29. The van der Waals surface area contributed by atoms with E-state index < -0.39 is 0 Å². The minimum absolute atomic E-state index is 0.431. The first-order valence-electron chi connectivity index (χ1n) is 7.04. The molecule has 3 nitrogen and oxygen atoms in total. The fraction of sp³-hybridized carbons (Fsp3) is 1.00. The number of rotatable bonds is 3. The van der Waals surface area contributed by atoms with Gasteiger partial charge >= 0.3 is 0 Å². The molecule has 2 heterocycles. The lowest BCUT2D eigenvalue weighted by Gasteiger charge is -2.33. The van der Waals surface area contributed by atoms with Crippen LogP contribution in [0, 0.1) is 17.3 Å². The zero-order chi connectivity index (χ0) is 12.5. The zero-order valence-corrected chi connectivity index (χ0v) is 11.6. The summed E-state index contributed by atoms with van der Waals surface area (Å²) >= 11 is 0. The normalized spacial score (nSPS) is 33.2. The maximum absolute atomic E-state index is 5.99. The summed E-state index contributed by atoms with van der Waals surface area (Å²) in [4.78, 5) is 2.62. The van der Waals surface area contributed by atoms with Gasteiger partial charge in [0, 0.05) is 31.7 Å². The number of nitrogens with two attached hydrogens (primary N) is 1. The molecule has 3 unspecified atom stereocenters. The third-order valence-corrected chi connectivity index (χ3v) is 4.66. The molecular weight excluding hydrogens is 212 g/mol. The maximum Gasteiger partial charge on any atom is 0.0510 e. The van der Waals surface area contributed by atoms with E-state index >= 15 is 0 Å². The lowest BCUT2D eigenvalue weighted by molar-refractivity contribution is 0.129. The molecule has 0 aromatic rings. The Labute approximate surface area is 106 Å². The molecule has 0 spiro atoms. The molecule has 17 heavy (non-hydrogen) atoms. The van der Waals surface area contributed by atoms with E-state index in [1.165, 1.54) is 25.9 Å². The maximum atomic E-state index is 5.99. The number of nitrogens with zero attached hydrogens (tertiary/aromatic N) is 1. The lowest BCUT2D eigenvalue weighted by atomic mass is 9.80. The quantitative estimate of drug-likeness (QED) is 0.816. The molecular formula is C14H28N2O. The first-order valence-corrected chi connectivity index (χ1v) is 7.04. The SMILES string of the molecule is CC(C)(C)C1CCN(C(CN)C2CCOC2)C1. The van der Waals surface area contributed by atoms with E-state index in [-0.39, 0.29) is 0 Å². The topological polar surface area (TPSA) is 38.5 Å². The molecule has 2 rings (SSSR count). The molecule has 3 atom stereocenters. The Balaban J connectivity index is 1.93. The van der Waals surface area contributed by atoms with Gasteiger partial charge in [0.1, 0.15) is 0 Å². The molecule has 2 N–H and O–H groups in total. The van der Waals surface area contributed by atoms with Crippen molar-refractivity contribution >= 4 is 0 Å². The van der Waals surface area contributed by atoms with Gasteiger partial charge in [0.2, 0.25) is 0 Å². The summed E-state index contributed by atoms with van der Waals surface area (Å²) in [5, 5.41) is 0. The highest BCUT2D eigenvalue weighted by atomic mass is 16.5. The van der Waals surface area contributed by atoms with E-state index in [0.29, 0.717) is 17.4 Å². The van der Waals surface area contributed by atoms with Gasteiger partial charge in [0.15, 0.2) is 0 Å². The summed E-state index contributed by atoms with van der Waals surface area (Å²) < 4.78 is 5.51. The average molecular weight is 240 g/mol. The van der Waals surface area contributed by atoms with Crippen LogP contribution < -0.4 is 5.73 Å². The average Bonchev–Trinajstić information content (AvgIpc) is 2.87. The predicted octanol–water partition coefficient (Wildman–Crippen LogP) is 1.72. The molecule has 2 aliphatic heterocycles. The van der Waals surface area contributed by atoms with Gasteiger partial charge in [-0.05, 0) is 30.7 Å². The molecule has 100 valence electrons. The first-order chi connectivity index (χ1) is 8.02. The lowest BCUT2D eigenvalue weighted by Crippen LogP contribution is -2.45. The van der Waals surface area contributed by atoms with Crippen LogP contribution >= 0.6 is 0 Å². The van der Waals surface area contributed by atoms with Gasteiger partial charge in [-0.2, -0.15) is 0 Å². The van der Waals surface area contributed by atoms with Crippen LogP contribution in [0.1, 0.15) is 33.6 Å². The second-order valence-corrected chi connectivity index (χ2v) is 6.77. The van der Waals surface area contributed by atoms with Crippen molar-refractivity contribution in [2.75, 3.05) is 32.8 Å². The van der Waals surface area contributed by atoms with Crippen LogP contribution in [0.4, 0.5) is 0 Å². The van der Waals surface area contributed by atoms with E-state index in [9.17, 15) is 0 Å². The second kappa shape index (κ2) is 5.25. The van der Waals surface area contributed by atoms with Crippen LogP contribution in [0.2, 0.25) is 0 Å². The third kappa shape index (κ3) is 3.01. The summed E-state index contributed by atoms with van der Waals surface area (Å²) in [7, 11) is 0. The Kier molecular flexibility index (Phi) is 4.11. The van der Waals surface area contributed by atoms with E-state index in [2.05, 4.69) is 25.7 Å². The highest BCUT2D eigenvalue weighted by molar-refractivity contribution is 4.90. The fourth-order valence-corrected chi connectivity index (χ4v) is 3.29. The predicted molar refractivity (Wildman–Crippen MR) is 70.9 cm³/mol. The molecule has 0 radical (unpaired) electrons. The van der Waals surface area contributed by atoms with E-state index in [0.717, 1.165) is 25.7 Å². The van der Waals surface area contributed by atoms with Gasteiger partial charge in [-0.15, -0.1) is 0 Å². The van der Waals surface area contributed by atoms with Gasteiger partial charge < -0.3 is 10.5 Å². The number of hydrogen-bond donors (Lipinski definition) is 1. The Morgan fingerprint density at radius 1 is 1.35 bits per heavy atom. The molecule has 0 saturated carbocycles. The summed E-state index contributed by atoms with van der Waals surface area (Å²) in [6.07, 6.45) is 2.52. The Hall–Kier alpha value is -0.120. The van der Waals surface area contributed by atoms with E-state index in [1.807, 2.05) is 0 Å². The van der Waals surface area contributed by atoms with Crippen molar-refractivity contribution in [1.82, 2.24) is 4.90 Å². The van der Waals surface area contributed by atoms with Crippen LogP contribution in [0.5, 0.6) is 0 Å². The van der Waals surface area contributed by atoms with Gasteiger partial charge in [0.05, 0.1) is 6.61 Å². The second-order valence-electron chi connectivity index (χ2n) is 6.77. The largest absolute Gasteiger partial charge is 0.381 e. The van der Waals surface area contributed by atoms with Crippen LogP contribution in [0.25, 0.3) is 0 Å². The zero-order valence-electron chi connectivity index (χ0n) is 11.6. The number of likely N-dealkylation sites (tertiary alicyclic amines) is 1. The Morgan fingerprint density at radius 3 is 2.59 bits per heavy atom. The van der Waals surface area contributed by atoms with Crippen molar-refractivity contribution in [3.8, 4) is 0 Å². The van der Waals surface area contributed by atoms with Gasteiger partial charge in [-0.3, -0.25) is 4.90 Å². The molecule has 2 fully saturated rings. The Morgan fingerprint density at radius 2 is 2.12 bits per heavy atom. The van der Waals surface area contributed by atoms with E-state index in [1.54, 1.807) is 0 Å². The Bertz CT molecular complexity index is 243. The summed E-state index contributed by atoms with van der Waals surface area (Å²) in [5.41, 5.74) is 6.42. The third-order valence-electron chi connectivity index (χ3n) is 4.66. The number of hydrogen-bond acceptors (Lipinski definition) is 3. The van der Waals surface area contributed by atoms with Crippen LogP contribution in [0.15, 0.2) is 0 Å². The van der Waals surface area contributed by atoms with Crippen molar-refractivity contribution in [3.05, 3.63) is 0 Å². The first kappa shape index (κ1) is 13.3. The summed E-state index contributed by atoms with van der Waals surface area (Å²) in [6.45, 7) is 12.1. The molecule has 0 aliphatic carbocycles. The highest BCUT2D eigenvalue weighted by Gasteiger charge is 2.37. The standard InChI is InChI=1S/C14H28N2O/c1-14(2,3)12-4-6-16(9-12)13(8-15)11-5-7-17-10-11/h11-13H,4-10,15H2,1-3H3. The summed E-state index contributed by atoms with van der Waals surface area (Å²) in [6, 6.07) is 0.546. The van der Waals surface area contributed by atoms with Crippen molar-refractivity contribution < 1.29 is 4.74 Å². The molecule has 0 aromatic carbocycles. The van der Waals surface area contributed by atoms with Crippen molar-refractivity contribution in [2.24, 2.45) is 23.0 Å². The van der Waals surface area contributed by atoms with Gasteiger partial charge in [-0.25, -0.2) is 0 Å². The molecule has 3 heteroatoms. The molecule has 2 saturated heterocycles. The number of ether oxygens (including phenoxy) is 1. The van der Waals surface area contributed by atoms with Crippen molar-refractivity contribution in [1.29, 1.82) is 0 Å².